The van der Waals surface area contributed by atoms with Crippen LogP contribution in [0, 0.1) is 0 Å². The van der Waals surface area contributed by atoms with E-state index >= 15 is 0 Å². The van der Waals surface area contributed by atoms with Crippen LogP contribution < -0.4 is 16.4 Å². The number of aromatic nitrogens is 4. The molecular weight excluding hydrogens is 288 g/mol. The summed E-state index contributed by atoms with van der Waals surface area (Å²) in [4.78, 5) is 25.1. The summed E-state index contributed by atoms with van der Waals surface area (Å²) in [5.41, 5.74) is 2.21. The first-order chi connectivity index (χ1) is 10.2. The maximum Gasteiger partial charge on any atom is 0.273 e. The smallest absolute Gasteiger partial charge is 0.273 e. The van der Waals surface area contributed by atoms with Gasteiger partial charge in [-0.3, -0.25) is 4.79 Å². The molecule has 3 N–H and O–H groups in total. The van der Waals surface area contributed by atoms with Gasteiger partial charge in [0.1, 0.15) is 21.6 Å². The average molecular weight is 303 g/mol. The minimum Gasteiger partial charge on any atom is -0.345 e. The van der Waals surface area contributed by atoms with E-state index in [1.165, 1.54) is 0 Å². The third kappa shape index (κ3) is 2.78. The van der Waals surface area contributed by atoms with Crippen LogP contribution in [0.25, 0.3) is 23.2 Å². The Morgan fingerprint density at radius 2 is 2.19 bits per heavy atom. The summed E-state index contributed by atoms with van der Waals surface area (Å²) < 4.78 is 0. The Labute approximate surface area is 125 Å². The van der Waals surface area contributed by atoms with Gasteiger partial charge in [0.25, 0.3) is 5.56 Å². The van der Waals surface area contributed by atoms with Crippen LogP contribution in [-0.2, 0) is 0 Å². The van der Waals surface area contributed by atoms with Gasteiger partial charge >= 0.3 is 0 Å². The second kappa shape index (κ2) is 5.61. The van der Waals surface area contributed by atoms with Gasteiger partial charge in [0.15, 0.2) is 0 Å². The van der Waals surface area contributed by atoms with Crippen LogP contribution in [0.4, 0.5) is 0 Å². The van der Waals surface area contributed by atoms with E-state index in [1.807, 2.05) is 18.3 Å². The molecule has 0 aliphatic rings. The monoisotopic (exact) mass is 302 g/mol. The van der Waals surface area contributed by atoms with Crippen LogP contribution in [0.1, 0.15) is 25.3 Å². The first-order valence-corrected chi connectivity index (χ1v) is 7.19. The Morgan fingerprint density at radius 3 is 3.00 bits per heavy atom. The van der Waals surface area contributed by atoms with E-state index in [0.717, 1.165) is 29.3 Å². The lowest BCUT2D eigenvalue weighted by atomic mass is 10.2. The van der Waals surface area contributed by atoms with Crippen molar-refractivity contribution in [3.05, 3.63) is 50.2 Å². The molecule has 108 valence electrons. The van der Waals surface area contributed by atoms with Gasteiger partial charge in [0.05, 0.1) is 0 Å². The number of hydrogen-bond acceptors (Lipinski definition) is 2. The van der Waals surface area contributed by atoms with Gasteiger partial charge in [-0.15, -0.1) is 0 Å². The summed E-state index contributed by atoms with van der Waals surface area (Å²) in [6, 6.07) is 3.61. The fourth-order valence-corrected chi connectivity index (χ4v) is 2.34. The van der Waals surface area contributed by atoms with Gasteiger partial charge in [-0.1, -0.05) is 24.9 Å². The van der Waals surface area contributed by atoms with Crippen molar-refractivity contribution in [1.29, 1.82) is 0 Å². The SMILES string of the molecule is CCCC=c1[nH]c(=O)c(=Cc2c[nH]c3nc(Cl)ccc23)[nH]1. The Balaban J connectivity index is 2.12. The van der Waals surface area contributed by atoms with Gasteiger partial charge in [0.2, 0.25) is 0 Å². The molecule has 0 radical (unpaired) electrons. The predicted octanol–water partition coefficient (Wildman–Crippen LogP) is 1.64. The van der Waals surface area contributed by atoms with E-state index in [4.69, 9.17) is 11.6 Å². The summed E-state index contributed by atoms with van der Waals surface area (Å²) in [6.45, 7) is 2.09. The highest BCUT2D eigenvalue weighted by Crippen LogP contribution is 2.18. The molecule has 0 fully saturated rings. The van der Waals surface area contributed by atoms with E-state index in [-0.39, 0.29) is 5.56 Å². The summed E-state index contributed by atoms with van der Waals surface area (Å²) in [5, 5.41) is 1.88. The van der Waals surface area contributed by atoms with E-state index < -0.39 is 0 Å². The highest BCUT2D eigenvalue weighted by Gasteiger charge is 2.03. The Bertz CT molecular complexity index is 948. The van der Waals surface area contributed by atoms with Crippen LogP contribution in [-0.4, -0.2) is 19.9 Å². The number of nitrogens with one attached hydrogen (secondary N) is 3. The molecule has 3 rings (SSSR count). The molecule has 0 saturated heterocycles. The lowest BCUT2D eigenvalue weighted by Crippen LogP contribution is -2.22. The van der Waals surface area contributed by atoms with Crippen molar-refractivity contribution in [1.82, 2.24) is 19.9 Å². The lowest BCUT2D eigenvalue weighted by Gasteiger charge is -1.91. The zero-order valence-electron chi connectivity index (χ0n) is 11.5. The Kier molecular flexibility index (Phi) is 3.66. The standard InChI is InChI=1S/C15H15ClN4O/c1-2-3-4-13-18-11(15(21)20-13)7-9-8-17-14-10(9)5-6-12(16)19-14/h4-8,18H,2-3H2,1H3,(H,17,19)(H,20,21). The Morgan fingerprint density at radius 1 is 1.33 bits per heavy atom. The largest absolute Gasteiger partial charge is 0.345 e. The number of imidazole rings is 1. The van der Waals surface area contributed by atoms with Gasteiger partial charge in [-0.2, -0.15) is 0 Å². The second-order valence-corrected chi connectivity index (χ2v) is 5.21. The zero-order chi connectivity index (χ0) is 14.8. The molecule has 0 saturated carbocycles. The molecule has 6 heteroatoms. The van der Waals surface area contributed by atoms with E-state index in [2.05, 4.69) is 26.9 Å². The molecule has 0 bridgehead atoms. The van der Waals surface area contributed by atoms with Crippen molar-refractivity contribution < 1.29 is 0 Å². The van der Waals surface area contributed by atoms with Crippen LogP contribution in [0.3, 0.4) is 0 Å². The quantitative estimate of drug-likeness (QED) is 0.643. The maximum absolute atomic E-state index is 11.9. The van der Waals surface area contributed by atoms with Gasteiger partial charge in [0, 0.05) is 17.1 Å². The molecular formula is C15H15ClN4O. The third-order valence-corrected chi connectivity index (χ3v) is 3.45. The molecule has 0 atom stereocenters. The number of rotatable bonds is 3. The first kappa shape index (κ1) is 13.7. The van der Waals surface area contributed by atoms with Gasteiger partial charge in [-0.25, -0.2) is 4.98 Å². The highest BCUT2D eigenvalue weighted by molar-refractivity contribution is 6.29. The van der Waals surface area contributed by atoms with E-state index in [1.54, 1.807) is 12.1 Å². The van der Waals surface area contributed by atoms with Crippen LogP contribution >= 0.6 is 11.6 Å². The maximum atomic E-state index is 11.9. The summed E-state index contributed by atoms with van der Waals surface area (Å²) >= 11 is 5.86. The van der Waals surface area contributed by atoms with Crippen LogP contribution in [0.15, 0.2) is 23.1 Å². The molecule has 0 unspecified atom stereocenters. The fraction of sp³-hybridized carbons (Fsp3) is 0.200. The van der Waals surface area contributed by atoms with Crippen LogP contribution in [0.5, 0.6) is 0 Å². The molecule has 0 aliphatic carbocycles. The molecule has 0 spiro atoms. The van der Waals surface area contributed by atoms with Gasteiger partial charge < -0.3 is 15.0 Å². The Hall–Kier alpha value is -2.27. The molecule has 5 nitrogen and oxygen atoms in total. The van der Waals surface area contributed by atoms with E-state index in [0.29, 0.717) is 16.1 Å². The molecule has 3 heterocycles. The molecule has 21 heavy (non-hydrogen) atoms. The summed E-state index contributed by atoms with van der Waals surface area (Å²) in [7, 11) is 0. The molecule has 0 amide bonds. The number of pyridine rings is 1. The molecule has 0 aliphatic heterocycles. The summed E-state index contributed by atoms with van der Waals surface area (Å²) in [6.07, 6.45) is 7.55. The molecule has 3 aromatic rings. The number of hydrogen-bond donors (Lipinski definition) is 3. The highest BCUT2D eigenvalue weighted by atomic mass is 35.5. The lowest BCUT2D eigenvalue weighted by molar-refractivity contribution is 0.980. The predicted molar refractivity (Wildman–Crippen MR) is 84.7 cm³/mol. The minimum absolute atomic E-state index is 0.131. The van der Waals surface area contributed by atoms with Crippen LogP contribution in [0.2, 0.25) is 5.15 Å². The normalized spacial score (nSPS) is 13.4. The summed E-state index contributed by atoms with van der Waals surface area (Å²) in [5.74, 6) is 0. The van der Waals surface area contributed by atoms with Crippen molar-refractivity contribution in [2.75, 3.05) is 0 Å². The number of fused-ring (bicyclic) bond motifs is 1. The minimum atomic E-state index is -0.131. The van der Waals surface area contributed by atoms with E-state index in [9.17, 15) is 4.79 Å². The zero-order valence-corrected chi connectivity index (χ0v) is 12.3. The van der Waals surface area contributed by atoms with Crippen molar-refractivity contribution in [3.63, 3.8) is 0 Å². The third-order valence-electron chi connectivity index (χ3n) is 3.24. The first-order valence-electron chi connectivity index (χ1n) is 6.81. The van der Waals surface area contributed by atoms with Crippen molar-refractivity contribution in [2.24, 2.45) is 0 Å². The van der Waals surface area contributed by atoms with Crippen molar-refractivity contribution >= 4 is 34.8 Å². The number of H-pyrrole nitrogens is 3. The van der Waals surface area contributed by atoms with Crippen molar-refractivity contribution in [3.8, 4) is 0 Å². The number of nitrogens with zero attached hydrogens (tertiary/aromatic N) is 1. The fourth-order valence-electron chi connectivity index (χ4n) is 2.19. The average Bonchev–Trinajstić information content (AvgIpc) is 3.01. The topological polar surface area (TPSA) is 77.3 Å². The molecule has 0 aromatic carbocycles. The second-order valence-electron chi connectivity index (χ2n) is 4.82. The van der Waals surface area contributed by atoms with Gasteiger partial charge in [-0.05, 0) is 30.7 Å². The number of halogens is 1. The number of aromatic amines is 3. The van der Waals surface area contributed by atoms with Crippen molar-refractivity contribution in [2.45, 2.75) is 19.8 Å². The number of unbranched alkanes of at least 4 members (excludes halogenated alkanes) is 1. The molecule has 3 aromatic heterocycles.